The predicted octanol–water partition coefficient (Wildman–Crippen LogP) is 1.60. The minimum atomic E-state index is -0.431. The molecule has 3 N–H and O–H groups in total. The monoisotopic (exact) mass is 298 g/mol. The van der Waals surface area contributed by atoms with Crippen molar-refractivity contribution < 1.29 is 14.7 Å². The van der Waals surface area contributed by atoms with Gasteiger partial charge in [-0.15, -0.1) is 0 Å². The highest BCUT2D eigenvalue weighted by Gasteiger charge is 2.25. The quantitative estimate of drug-likeness (QED) is 0.675. The lowest BCUT2D eigenvalue weighted by Gasteiger charge is -2.24. The van der Waals surface area contributed by atoms with E-state index < -0.39 is 5.41 Å². The molecule has 122 valence electrons. The average molecular weight is 298 g/mol. The topological polar surface area (TPSA) is 78.4 Å². The van der Waals surface area contributed by atoms with Crippen molar-refractivity contribution in [3.63, 3.8) is 0 Å². The van der Waals surface area contributed by atoms with Gasteiger partial charge in [-0.05, 0) is 12.8 Å². The molecule has 2 atom stereocenters. The van der Waals surface area contributed by atoms with Gasteiger partial charge in [0.1, 0.15) is 0 Å². The molecule has 2 amide bonds. The van der Waals surface area contributed by atoms with Gasteiger partial charge >= 0.3 is 0 Å². The molecule has 1 aliphatic rings. The molecule has 0 heterocycles. The fourth-order valence-electron chi connectivity index (χ4n) is 2.63. The van der Waals surface area contributed by atoms with Gasteiger partial charge in [0.25, 0.3) is 0 Å². The summed E-state index contributed by atoms with van der Waals surface area (Å²) in [7, 11) is 0. The van der Waals surface area contributed by atoms with Crippen LogP contribution in [0.3, 0.4) is 0 Å². The standard InChI is InChI=1S/C16H30N2O3/c1-16(2,3)15(21)17-10-9-14(20)18-13-8-6-4-5-7-12(13)11-19/h12-13,19H,4-11H2,1-3H3,(H,17,21)(H,18,20). The number of rotatable bonds is 5. The number of aliphatic hydroxyl groups excluding tert-OH is 1. The molecule has 2 unspecified atom stereocenters. The van der Waals surface area contributed by atoms with Crippen LogP contribution in [-0.2, 0) is 9.59 Å². The number of carbonyl (C=O) groups is 2. The van der Waals surface area contributed by atoms with Gasteiger partial charge in [0.2, 0.25) is 11.8 Å². The number of carbonyl (C=O) groups excluding carboxylic acids is 2. The molecule has 0 aromatic heterocycles. The number of amides is 2. The molecule has 1 fully saturated rings. The van der Waals surface area contributed by atoms with Crippen LogP contribution in [0.2, 0.25) is 0 Å². The number of aliphatic hydroxyl groups is 1. The van der Waals surface area contributed by atoms with Crippen LogP contribution in [0.15, 0.2) is 0 Å². The van der Waals surface area contributed by atoms with E-state index in [-0.39, 0.29) is 36.8 Å². The predicted molar refractivity (Wildman–Crippen MR) is 82.7 cm³/mol. The van der Waals surface area contributed by atoms with Gasteiger partial charge in [-0.25, -0.2) is 0 Å². The fraction of sp³-hybridized carbons (Fsp3) is 0.875. The lowest BCUT2D eigenvalue weighted by molar-refractivity contribution is -0.128. The molecule has 1 rings (SSSR count). The number of nitrogens with one attached hydrogen (secondary N) is 2. The van der Waals surface area contributed by atoms with Gasteiger partial charge in [0.05, 0.1) is 0 Å². The van der Waals surface area contributed by atoms with Crippen LogP contribution in [0, 0.1) is 11.3 Å². The van der Waals surface area contributed by atoms with Crippen molar-refractivity contribution in [2.24, 2.45) is 11.3 Å². The van der Waals surface area contributed by atoms with Crippen molar-refractivity contribution in [3.05, 3.63) is 0 Å². The summed E-state index contributed by atoms with van der Waals surface area (Å²) >= 11 is 0. The van der Waals surface area contributed by atoms with Gasteiger partial charge in [-0.1, -0.05) is 40.0 Å². The lowest BCUT2D eigenvalue weighted by atomic mass is 9.95. The summed E-state index contributed by atoms with van der Waals surface area (Å²) < 4.78 is 0. The summed E-state index contributed by atoms with van der Waals surface area (Å²) in [5.41, 5.74) is -0.431. The SMILES string of the molecule is CC(C)(C)C(=O)NCCC(=O)NC1CCCCCC1CO. The molecule has 0 aromatic rings. The summed E-state index contributed by atoms with van der Waals surface area (Å²) in [6, 6.07) is 0.0725. The first-order valence-electron chi connectivity index (χ1n) is 8.03. The molecule has 0 bridgehead atoms. The van der Waals surface area contributed by atoms with E-state index in [4.69, 9.17) is 0 Å². The number of hydrogen-bond acceptors (Lipinski definition) is 3. The highest BCUT2D eigenvalue weighted by atomic mass is 16.3. The highest BCUT2D eigenvalue weighted by Crippen LogP contribution is 2.23. The molecule has 0 spiro atoms. The molecular formula is C16H30N2O3. The molecule has 1 saturated carbocycles. The van der Waals surface area contributed by atoms with Gasteiger partial charge in [0.15, 0.2) is 0 Å². The molecule has 5 nitrogen and oxygen atoms in total. The van der Waals surface area contributed by atoms with Crippen molar-refractivity contribution in [1.29, 1.82) is 0 Å². The minimum absolute atomic E-state index is 0.0435. The van der Waals surface area contributed by atoms with Crippen LogP contribution in [0.25, 0.3) is 0 Å². The van der Waals surface area contributed by atoms with Crippen LogP contribution >= 0.6 is 0 Å². The molecule has 21 heavy (non-hydrogen) atoms. The van der Waals surface area contributed by atoms with E-state index in [0.29, 0.717) is 6.54 Å². The Labute approximate surface area is 127 Å². The second kappa shape index (κ2) is 8.37. The second-order valence-electron chi connectivity index (χ2n) is 7.01. The van der Waals surface area contributed by atoms with E-state index >= 15 is 0 Å². The van der Waals surface area contributed by atoms with Crippen LogP contribution in [0.4, 0.5) is 0 Å². The Morgan fingerprint density at radius 3 is 2.43 bits per heavy atom. The fourth-order valence-corrected chi connectivity index (χ4v) is 2.63. The normalized spacial score (nSPS) is 23.2. The Bertz CT molecular complexity index is 350. The summed E-state index contributed by atoms with van der Waals surface area (Å²) in [6.07, 6.45) is 5.59. The minimum Gasteiger partial charge on any atom is -0.396 e. The van der Waals surface area contributed by atoms with Crippen LogP contribution in [0.5, 0.6) is 0 Å². The first-order chi connectivity index (χ1) is 9.84. The zero-order valence-corrected chi connectivity index (χ0v) is 13.6. The molecule has 0 saturated heterocycles. The summed E-state index contributed by atoms with van der Waals surface area (Å²) in [5.74, 6) is 0.0770. The largest absolute Gasteiger partial charge is 0.396 e. The molecule has 0 aromatic carbocycles. The van der Waals surface area contributed by atoms with Gasteiger partial charge < -0.3 is 15.7 Å². The lowest BCUT2D eigenvalue weighted by Crippen LogP contribution is -2.43. The summed E-state index contributed by atoms with van der Waals surface area (Å²) in [4.78, 5) is 23.7. The third kappa shape index (κ3) is 6.46. The second-order valence-corrected chi connectivity index (χ2v) is 7.01. The first-order valence-corrected chi connectivity index (χ1v) is 8.03. The Hall–Kier alpha value is -1.10. The van der Waals surface area contributed by atoms with E-state index in [1.807, 2.05) is 20.8 Å². The molecule has 0 aliphatic heterocycles. The highest BCUT2D eigenvalue weighted by molar-refractivity contribution is 5.82. The molecular weight excluding hydrogens is 268 g/mol. The average Bonchev–Trinajstić information content (AvgIpc) is 2.62. The van der Waals surface area contributed by atoms with E-state index in [2.05, 4.69) is 10.6 Å². The van der Waals surface area contributed by atoms with Gasteiger partial charge in [-0.2, -0.15) is 0 Å². The number of hydrogen-bond donors (Lipinski definition) is 3. The third-order valence-electron chi connectivity index (χ3n) is 4.06. The van der Waals surface area contributed by atoms with Gasteiger partial charge in [0, 0.05) is 36.9 Å². The smallest absolute Gasteiger partial charge is 0.225 e. The Morgan fingerprint density at radius 1 is 1.14 bits per heavy atom. The Balaban J connectivity index is 2.33. The van der Waals surface area contributed by atoms with Crippen LogP contribution < -0.4 is 10.6 Å². The zero-order chi connectivity index (χ0) is 15.9. The summed E-state index contributed by atoms with van der Waals surface area (Å²) in [5, 5.41) is 15.2. The van der Waals surface area contributed by atoms with E-state index in [9.17, 15) is 14.7 Å². The zero-order valence-electron chi connectivity index (χ0n) is 13.6. The first kappa shape index (κ1) is 18.0. The van der Waals surface area contributed by atoms with Crippen molar-refractivity contribution >= 4 is 11.8 Å². The van der Waals surface area contributed by atoms with Gasteiger partial charge in [-0.3, -0.25) is 9.59 Å². The van der Waals surface area contributed by atoms with Crippen molar-refractivity contribution in [2.45, 2.75) is 65.3 Å². The van der Waals surface area contributed by atoms with Crippen molar-refractivity contribution in [1.82, 2.24) is 10.6 Å². The Kier molecular flexibility index (Phi) is 7.15. The summed E-state index contributed by atoms with van der Waals surface area (Å²) in [6.45, 7) is 6.03. The van der Waals surface area contributed by atoms with Crippen LogP contribution in [-0.4, -0.2) is 36.1 Å². The third-order valence-corrected chi connectivity index (χ3v) is 4.06. The molecule has 5 heteroatoms. The van der Waals surface area contributed by atoms with E-state index in [0.717, 1.165) is 25.7 Å². The van der Waals surface area contributed by atoms with Crippen molar-refractivity contribution in [2.75, 3.05) is 13.2 Å². The van der Waals surface area contributed by atoms with E-state index in [1.165, 1.54) is 6.42 Å². The maximum Gasteiger partial charge on any atom is 0.225 e. The maximum atomic E-state index is 12.0. The van der Waals surface area contributed by atoms with E-state index in [1.54, 1.807) is 0 Å². The molecule has 0 radical (unpaired) electrons. The maximum absolute atomic E-state index is 12.0. The Morgan fingerprint density at radius 2 is 1.81 bits per heavy atom. The molecule has 1 aliphatic carbocycles. The van der Waals surface area contributed by atoms with Crippen molar-refractivity contribution in [3.8, 4) is 0 Å². The van der Waals surface area contributed by atoms with Crippen LogP contribution in [0.1, 0.15) is 59.3 Å².